The van der Waals surface area contributed by atoms with Crippen LogP contribution in [0.5, 0.6) is 0 Å². The van der Waals surface area contributed by atoms with Crippen LogP contribution in [-0.4, -0.2) is 21.8 Å². The summed E-state index contributed by atoms with van der Waals surface area (Å²) in [5.74, 6) is 0. The van der Waals surface area contributed by atoms with Crippen LogP contribution in [0.3, 0.4) is 0 Å². The zero-order valence-electron chi connectivity index (χ0n) is 8.30. The fourth-order valence-corrected chi connectivity index (χ4v) is 1.72. The molecule has 0 aliphatic rings. The lowest BCUT2D eigenvalue weighted by Gasteiger charge is -2.11. The van der Waals surface area contributed by atoms with E-state index in [0.717, 1.165) is 16.3 Å². The molecule has 1 unspecified atom stereocenters. The van der Waals surface area contributed by atoms with Crippen LogP contribution in [-0.2, 0) is 0 Å². The van der Waals surface area contributed by atoms with Gasteiger partial charge >= 0.3 is 0 Å². The second-order valence-corrected chi connectivity index (χ2v) is 3.47. The molecule has 0 spiro atoms. The Kier molecular flexibility index (Phi) is 2.94. The summed E-state index contributed by atoms with van der Waals surface area (Å²) in [5, 5.41) is 20.6. The van der Waals surface area contributed by atoms with E-state index in [4.69, 9.17) is 5.11 Å². The molecule has 1 aromatic heterocycles. The van der Waals surface area contributed by atoms with Crippen LogP contribution in [0.15, 0.2) is 36.7 Å². The normalized spacial score (nSPS) is 12.9. The molecule has 0 bridgehead atoms. The minimum Gasteiger partial charge on any atom is -0.396 e. The number of benzene rings is 1. The van der Waals surface area contributed by atoms with Crippen molar-refractivity contribution >= 4 is 10.8 Å². The topological polar surface area (TPSA) is 53.4 Å². The lowest BCUT2D eigenvalue weighted by molar-refractivity contribution is 0.135. The van der Waals surface area contributed by atoms with E-state index in [0.29, 0.717) is 6.42 Å². The molecule has 15 heavy (non-hydrogen) atoms. The van der Waals surface area contributed by atoms with Gasteiger partial charge in [-0.1, -0.05) is 18.2 Å². The van der Waals surface area contributed by atoms with Crippen molar-refractivity contribution in [1.29, 1.82) is 0 Å². The second kappa shape index (κ2) is 4.38. The fraction of sp³-hybridized carbons (Fsp3) is 0.250. The van der Waals surface area contributed by atoms with Gasteiger partial charge in [-0.15, -0.1) is 0 Å². The van der Waals surface area contributed by atoms with Crippen molar-refractivity contribution in [3.63, 3.8) is 0 Å². The van der Waals surface area contributed by atoms with E-state index in [-0.39, 0.29) is 6.61 Å². The maximum Gasteiger partial charge on any atom is 0.0817 e. The Hall–Kier alpha value is -1.45. The Balaban J connectivity index is 2.50. The molecule has 3 nitrogen and oxygen atoms in total. The van der Waals surface area contributed by atoms with Crippen LogP contribution in [0.25, 0.3) is 10.8 Å². The summed E-state index contributed by atoms with van der Waals surface area (Å²) in [5.41, 5.74) is 0.851. The van der Waals surface area contributed by atoms with E-state index >= 15 is 0 Å². The van der Waals surface area contributed by atoms with Crippen molar-refractivity contribution in [3.05, 3.63) is 42.2 Å². The van der Waals surface area contributed by atoms with E-state index in [2.05, 4.69) is 4.98 Å². The predicted octanol–water partition coefficient (Wildman–Crippen LogP) is 1.65. The van der Waals surface area contributed by atoms with Crippen molar-refractivity contribution < 1.29 is 10.2 Å². The molecule has 1 heterocycles. The molecule has 0 aliphatic carbocycles. The number of fused-ring (bicyclic) bond motifs is 1. The Morgan fingerprint density at radius 1 is 1.27 bits per heavy atom. The average molecular weight is 203 g/mol. The molecule has 0 aliphatic heterocycles. The van der Waals surface area contributed by atoms with Crippen molar-refractivity contribution in [2.75, 3.05) is 6.61 Å². The van der Waals surface area contributed by atoms with Gasteiger partial charge in [0.1, 0.15) is 0 Å². The largest absolute Gasteiger partial charge is 0.396 e. The third-order valence-electron chi connectivity index (χ3n) is 2.48. The van der Waals surface area contributed by atoms with Crippen LogP contribution >= 0.6 is 0 Å². The SMILES string of the molecule is OCCC(O)c1cccc2cnccc12. The van der Waals surface area contributed by atoms with Crippen LogP contribution < -0.4 is 0 Å². The molecule has 0 amide bonds. The highest BCUT2D eigenvalue weighted by molar-refractivity contribution is 5.85. The quantitative estimate of drug-likeness (QED) is 0.797. The molecule has 1 aromatic carbocycles. The molecule has 2 N–H and O–H groups in total. The number of hydrogen-bond donors (Lipinski definition) is 2. The highest BCUT2D eigenvalue weighted by Crippen LogP contribution is 2.25. The summed E-state index contributed by atoms with van der Waals surface area (Å²) in [4.78, 5) is 4.03. The Bertz CT molecular complexity index is 451. The van der Waals surface area contributed by atoms with Crippen LogP contribution in [0, 0.1) is 0 Å². The minimum atomic E-state index is -0.610. The maximum absolute atomic E-state index is 9.84. The van der Waals surface area contributed by atoms with Crippen molar-refractivity contribution in [3.8, 4) is 0 Å². The number of aliphatic hydroxyl groups excluding tert-OH is 2. The van der Waals surface area contributed by atoms with Crippen molar-refractivity contribution in [1.82, 2.24) is 4.98 Å². The Labute approximate surface area is 88.0 Å². The molecule has 0 saturated carbocycles. The van der Waals surface area contributed by atoms with E-state index < -0.39 is 6.10 Å². The third kappa shape index (κ3) is 1.98. The van der Waals surface area contributed by atoms with Gasteiger partial charge in [0.2, 0.25) is 0 Å². The molecule has 3 heteroatoms. The zero-order valence-corrected chi connectivity index (χ0v) is 8.30. The summed E-state index contributed by atoms with van der Waals surface area (Å²) < 4.78 is 0. The van der Waals surface area contributed by atoms with E-state index in [1.54, 1.807) is 12.4 Å². The van der Waals surface area contributed by atoms with Gasteiger partial charge in [-0.3, -0.25) is 4.98 Å². The first kappa shape index (κ1) is 10.1. The summed E-state index contributed by atoms with van der Waals surface area (Å²) in [6.07, 6.45) is 3.23. The number of nitrogens with zero attached hydrogens (tertiary/aromatic N) is 1. The second-order valence-electron chi connectivity index (χ2n) is 3.47. The van der Waals surface area contributed by atoms with Crippen LogP contribution in [0.2, 0.25) is 0 Å². The highest BCUT2D eigenvalue weighted by Gasteiger charge is 2.09. The Morgan fingerprint density at radius 2 is 2.13 bits per heavy atom. The summed E-state index contributed by atoms with van der Waals surface area (Å²) in [6, 6.07) is 7.60. The number of aliphatic hydroxyl groups is 2. The van der Waals surface area contributed by atoms with Gasteiger partial charge in [0.05, 0.1) is 6.10 Å². The first-order valence-corrected chi connectivity index (χ1v) is 4.94. The predicted molar refractivity (Wildman–Crippen MR) is 58.4 cm³/mol. The molecular formula is C12H13NO2. The number of aromatic nitrogens is 1. The van der Waals surface area contributed by atoms with Crippen LogP contribution in [0.1, 0.15) is 18.1 Å². The number of hydrogen-bond acceptors (Lipinski definition) is 3. The molecule has 0 fully saturated rings. The summed E-state index contributed by atoms with van der Waals surface area (Å²) in [7, 11) is 0. The maximum atomic E-state index is 9.84. The van der Waals surface area contributed by atoms with Gasteiger partial charge in [0.25, 0.3) is 0 Å². The molecule has 2 rings (SSSR count). The number of pyridine rings is 1. The highest BCUT2D eigenvalue weighted by atomic mass is 16.3. The van der Waals surface area contributed by atoms with Gasteiger partial charge in [-0.05, 0) is 17.0 Å². The molecule has 2 aromatic rings. The van der Waals surface area contributed by atoms with E-state index in [1.807, 2.05) is 24.3 Å². The third-order valence-corrected chi connectivity index (χ3v) is 2.48. The Morgan fingerprint density at radius 3 is 2.93 bits per heavy atom. The van der Waals surface area contributed by atoms with Gasteiger partial charge in [-0.25, -0.2) is 0 Å². The molecule has 0 saturated heterocycles. The van der Waals surface area contributed by atoms with E-state index in [1.165, 1.54) is 0 Å². The van der Waals surface area contributed by atoms with Gasteiger partial charge in [-0.2, -0.15) is 0 Å². The number of rotatable bonds is 3. The first-order valence-electron chi connectivity index (χ1n) is 4.94. The monoisotopic (exact) mass is 203 g/mol. The first-order chi connectivity index (χ1) is 7.33. The van der Waals surface area contributed by atoms with E-state index in [9.17, 15) is 5.11 Å². The van der Waals surface area contributed by atoms with Gasteiger partial charge in [0.15, 0.2) is 0 Å². The molecule has 1 atom stereocenters. The van der Waals surface area contributed by atoms with Crippen molar-refractivity contribution in [2.24, 2.45) is 0 Å². The standard InChI is InChI=1S/C12H13NO2/c14-7-5-12(15)11-3-1-2-9-8-13-6-4-10(9)11/h1-4,6,8,12,14-15H,5,7H2. The van der Waals surface area contributed by atoms with Gasteiger partial charge < -0.3 is 10.2 Å². The minimum absolute atomic E-state index is 0.0113. The molecule has 0 radical (unpaired) electrons. The lowest BCUT2D eigenvalue weighted by atomic mass is 10.0. The molecular weight excluding hydrogens is 190 g/mol. The van der Waals surface area contributed by atoms with Crippen LogP contribution in [0.4, 0.5) is 0 Å². The summed E-state index contributed by atoms with van der Waals surface area (Å²) >= 11 is 0. The van der Waals surface area contributed by atoms with Gasteiger partial charge in [0, 0.05) is 30.8 Å². The summed E-state index contributed by atoms with van der Waals surface area (Å²) in [6.45, 7) is -0.0113. The molecule has 78 valence electrons. The van der Waals surface area contributed by atoms with Crippen molar-refractivity contribution in [2.45, 2.75) is 12.5 Å². The smallest absolute Gasteiger partial charge is 0.0817 e. The zero-order chi connectivity index (χ0) is 10.7. The lowest BCUT2D eigenvalue weighted by Crippen LogP contribution is -2.00. The fourth-order valence-electron chi connectivity index (χ4n) is 1.72. The average Bonchev–Trinajstić information content (AvgIpc) is 2.28.